The third-order valence-corrected chi connectivity index (χ3v) is 8.93. The Kier molecular flexibility index (Phi) is 5.04. The fraction of sp³-hybridized carbons (Fsp3) is 0.500. The van der Waals surface area contributed by atoms with Gasteiger partial charge in [0.05, 0.1) is 18.6 Å². The molecule has 0 unspecified atom stereocenters. The van der Waals surface area contributed by atoms with Gasteiger partial charge in [0, 0.05) is 6.92 Å². The van der Waals surface area contributed by atoms with E-state index in [4.69, 9.17) is 9.47 Å². The number of fused-ring (bicyclic) bond motifs is 5. The average molecular weight is 430 g/mol. The summed E-state index contributed by atoms with van der Waals surface area (Å²) in [5.41, 5.74) is 3.44. The van der Waals surface area contributed by atoms with Crippen molar-refractivity contribution >= 4 is 5.97 Å². The molecule has 4 nitrogen and oxygen atoms in total. The number of nitrogens with zero attached hydrogens (tertiary/aromatic N) is 1. The van der Waals surface area contributed by atoms with E-state index in [2.05, 4.69) is 37.3 Å². The molecule has 0 aromatic heterocycles. The normalized spacial score (nSPS) is 32.8. The molecule has 0 saturated heterocycles. The van der Waals surface area contributed by atoms with E-state index in [0.29, 0.717) is 23.5 Å². The Morgan fingerprint density at radius 1 is 1.06 bits per heavy atom. The summed E-state index contributed by atoms with van der Waals surface area (Å²) in [4.78, 5) is 11.4. The lowest BCUT2D eigenvalue weighted by Gasteiger charge is -2.53. The molecule has 2 saturated carbocycles. The van der Waals surface area contributed by atoms with Crippen LogP contribution >= 0.6 is 0 Å². The molecule has 0 N–H and O–H groups in total. The van der Waals surface area contributed by atoms with Gasteiger partial charge >= 0.3 is 5.97 Å². The summed E-state index contributed by atoms with van der Waals surface area (Å²) in [6, 6.07) is 17.2. The molecule has 0 bridgehead atoms. The molecule has 166 valence electrons. The predicted molar refractivity (Wildman–Crippen MR) is 123 cm³/mol. The molecule has 0 radical (unpaired) electrons. The van der Waals surface area contributed by atoms with Crippen molar-refractivity contribution in [2.75, 3.05) is 7.11 Å². The van der Waals surface area contributed by atoms with Crippen LogP contribution in [0.3, 0.4) is 0 Å². The van der Waals surface area contributed by atoms with Gasteiger partial charge in [0.1, 0.15) is 11.5 Å². The number of nitriles is 1. The van der Waals surface area contributed by atoms with Gasteiger partial charge in [0.15, 0.2) is 0 Å². The number of benzene rings is 2. The van der Waals surface area contributed by atoms with Crippen molar-refractivity contribution in [3.63, 3.8) is 0 Å². The van der Waals surface area contributed by atoms with Crippen LogP contribution in [0.15, 0.2) is 42.5 Å². The largest absolute Gasteiger partial charge is 0.497 e. The first-order chi connectivity index (χ1) is 15.4. The Bertz CT molecular complexity index is 1080. The number of aryl methyl sites for hydroxylation is 1. The molecule has 5 rings (SSSR count). The fourth-order valence-corrected chi connectivity index (χ4v) is 7.43. The van der Waals surface area contributed by atoms with Gasteiger partial charge in [0.2, 0.25) is 0 Å². The molecule has 3 aliphatic carbocycles. The Morgan fingerprint density at radius 3 is 2.50 bits per heavy atom. The van der Waals surface area contributed by atoms with Crippen molar-refractivity contribution in [2.24, 2.45) is 17.3 Å². The number of carbonyl (C=O) groups excluding carboxylic acids is 1. The maximum atomic E-state index is 11.4. The SMILES string of the molecule is COc1ccc([C@]2(C#N)CC[C@H]3[C@@H]4CCc5cc(OC(C)=O)ccc5[C@H]4CC[C@@]32C)cc1. The highest BCUT2D eigenvalue weighted by Crippen LogP contribution is 2.67. The zero-order valence-electron chi connectivity index (χ0n) is 19.2. The van der Waals surface area contributed by atoms with Crippen LogP contribution in [0.4, 0.5) is 0 Å². The van der Waals surface area contributed by atoms with Crippen molar-refractivity contribution < 1.29 is 14.3 Å². The van der Waals surface area contributed by atoms with Crippen LogP contribution < -0.4 is 9.47 Å². The molecule has 2 aromatic carbocycles. The average Bonchev–Trinajstić information content (AvgIpc) is 3.11. The first kappa shape index (κ1) is 21.1. The van der Waals surface area contributed by atoms with Crippen LogP contribution in [0, 0.1) is 28.6 Å². The zero-order chi connectivity index (χ0) is 22.5. The summed E-state index contributed by atoms with van der Waals surface area (Å²) in [5, 5.41) is 10.5. The molecule has 0 aliphatic heterocycles. The first-order valence-electron chi connectivity index (χ1n) is 11.8. The second kappa shape index (κ2) is 7.66. The molecule has 32 heavy (non-hydrogen) atoms. The van der Waals surface area contributed by atoms with E-state index in [0.717, 1.165) is 49.8 Å². The lowest BCUT2D eigenvalue weighted by molar-refractivity contribution is -0.131. The highest BCUT2D eigenvalue weighted by Gasteiger charge is 2.63. The van der Waals surface area contributed by atoms with E-state index >= 15 is 0 Å². The lowest BCUT2D eigenvalue weighted by Crippen LogP contribution is -2.48. The second-order valence-electron chi connectivity index (χ2n) is 10.1. The number of esters is 1. The van der Waals surface area contributed by atoms with Crippen molar-refractivity contribution in [3.05, 3.63) is 59.2 Å². The van der Waals surface area contributed by atoms with E-state index in [1.165, 1.54) is 18.1 Å². The predicted octanol–water partition coefficient (Wildman–Crippen LogP) is 5.94. The van der Waals surface area contributed by atoms with Crippen molar-refractivity contribution in [2.45, 2.75) is 63.7 Å². The van der Waals surface area contributed by atoms with Crippen LogP contribution in [0.1, 0.15) is 68.6 Å². The van der Waals surface area contributed by atoms with E-state index in [1.54, 1.807) is 7.11 Å². The van der Waals surface area contributed by atoms with E-state index in [1.807, 2.05) is 18.2 Å². The monoisotopic (exact) mass is 429 g/mol. The topological polar surface area (TPSA) is 59.3 Å². The molecular weight excluding hydrogens is 398 g/mol. The Balaban J connectivity index is 1.47. The lowest BCUT2D eigenvalue weighted by atomic mass is 9.50. The maximum Gasteiger partial charge on any atom is 0.308 e. The van der Waals surface area contributed by atoms with E-state index in [-0.39, 0.29) is 11.4 Å². The number of hydrogen-bond acceptors (Lipinski definition) is 4. The van der Waals surface area contributed by atoms with Gasteiger partial charge in [-0.15, -0.1) is 0 Å². The van der Waals surface area contributed by atoms with Gasteiger partial charge in [-0.3, -0.25) is 4.79 Å². The van der Waals surface area contributed by atoms with Crippen LogP contribution in [0.2, 0.25) is 0 Å². The first-order valence-corrected chi connectivity index (χ1v) is 11.8. The number of ether oxygens (including phenoxy) is 2. The summed E-state index contributed by atoms with van der Waals surface area (Å²) in [6.07, 6.45) is 6.36. The van der Waals surface area contributed by atoms with Crippen molar-refractivity contribution in [1.82, 2.24) is 0 Å². The second-order valence-corrected chi connectivity index (χ2v) is 10.1. The molecule has 0 spiro atoms. The Labute approximate surface area is 190 Å². The zero-order valence-corrected chi connectivity index (χ0v) is 19.2. The number of rotatable bonds is 3. The highest BCUT2D eigenvalue weighted by molar-refractivity contribution is 5.69. The van der Waals surface area contributed by atoms with E-state index < -0.39 is 5.41 Å². The smallest absolute Gasteiger partial charge is 0.308 e. The van der Waals surface area contributed by atoms with Gasteiger partial charge in [-0.05, 0) is 103 Å². The van der Waals surface area contributed by atoms with Gasteiger partial charge in [-0.2, -0.15) is 5.26 Å². The van der Waals surface area contributed by atoms with Crippen LogP contribution in [0.5, 0.6) is 11.5 Å². The minimum Gasteiger partial charge on any atom is -0.497 e. The molecule has 0 amide bonds. The number of hydrogen-bond donors (Lipinski definition) is 0. The molecule has 2 fully saturated rings. The maximum absolute atomic E-state index is 11.4. The van der Waals surface area contributed by atoms with Crippen LogP contribution in [-0.4, -0.2) is 13.1 Å². The van der Waals surface area contributed by atoms with E-state index in [9.17, 15) is 10.1 Å². The summed E-state index contributed by atoms with van der Waals surface area (Å²) in [6.45, 7) is 3.83. The number of carbonyl (C=O) groups is 1. The third kappa shape index (κ3) is 2.98. The third-order valence-electron chi connectivity index (χ3n) is 8.93. The van der Waals surface area contributed by atoms with Gasteiger partial charge in [0.25, 0.3) is 0 Å². The summed E-state index contributed by atoms with van der Waals surface area (Å²) < 4.78 is 10.7. The minimum atomic E-state index is -0.436. The summed E-state index contributed by atoms with van der Waals surface area (Å²) >= 11 is 0. The number of methoxy groups -OCH3 is 1. The summed E-state index contributed by atoms with van der Waals surface area (Å²) in [7, 11) is 1.68. The fourth-order valence-electron chi connectivity index (χ4n) is 7.43. The van der Waals surface area contributed by atoms with Crippen LogP contribution in [0.25, 0.3) is 0 Å². The Morgan fingerprint density at radius 2 is 1.81 bits per heavy atom. The Hall–Kier alpha value is -2.80. The van der Waals surface area contributed by atoms with Crippen molar-refractivity contribution in [3.8, 4) is 17.6 Å². The van der Waals surface area contributed by atoms with Gasteiger partial charge in [-0.1, -0.05) is 25.1 Å². The summed E-state index contributed by atoms with van der Waals surface area (Å²) in [5.74, 6) is 2.90. The standard InChI is InChI=1S/C28H31NO3/c1-18(30)32-22-9-11-23-19(16-22)4-10-25-24(23)12-14-27(2)26(25)13-15-28(27,17-29)20-5-7-21(31-3)8-6-20/h5-9,11,16,24-26H,4,10,12-15H2,1-3H3/t24-,25-,26+,27+,28-/m1/s1. The minimum absolute atomic E-state index is 0.0211. The molecule has 3 aliphatic rings. The quantitative estimate of drug-likeness (QED) is 0.448. The van der Waals surface area contributed by atoms with Crippen molar-refractivity contribution in [1.29, 1.82) is 5.26 Å². The van der Waals surface area contributed by atoms with Crippen LogP contribution in [-0.2, 0) is 16.6 Å². The molecule has 0 heterocycles. The highest BCUT2D eigenvalue weighted by atomic mass is 16.5. The molecule has 5 atom stereocenters. The molecular formula is C28H31NO3. The van der Waals surface area contributed by atoms with Gasteiger partial charge < -0.3 is 9.47 Å². The van der Waals surface area contributed by atoms with Gasteiger partial charge in [-0.25, -0.2) is 0 Å². The molecule has 4 heteroatoms. The molecule has 2 aromatic rings.